The third-order valence-electron chi connectivity index (χ3n) is 3.08. The summed E-state index contributed by atoms with van der Waals surface area (Å²) in [5, 5.41) is 0.730. The number of hydrogen-bond donors (Lipinski definition) is 2. The van der Waals surface area contributed by atoms with E-state index >= 15 is 0 Å². The molecule has 0 bridgehead atoms. The molecule has 2 aromatic rings. The van der Waals surface area contributed by atoms with Crippen LogP contribution in [0.1, 0.15) is 16.1 Å². The molecule has 6 nitrogen and oxygen atoms in total. The van der Waals surface area contributed by atoms with Gasteiger partial charge in [0.2, 0.25) is 0 Å². The Hall–Kier alpha value is -1.89. The van der Waals surface area contributed by atoms with Gasteiger partial charge in [0.15, 0.2) is 0 Å². The normalized spacial score (nSPS) is 15.4. The highest BCUT2D eigenvalue weighted by Crippen LogP contribution is 2.27. The third kappa shape index (κ3) is 2.21. The summed E-state index contributed by atoms with van der Waals surface area (Å²) in [6, 6.07) is 7.31. The summed E-state index contributed by atoms with van der Waals surface area (Å²) in [5.74, 6) is 5.32. The molecule has 100 valence electrons. The van der Waals surface area contributed by atoms with E-state index in [0.717, 1.165) is 5.39 Å². The fourth-order valence-corrected chi connectivity index (χ4v) is 2.02. The molecule has 0 aliphatic carbocycles. The summed E-state index contributed by atoms with van der Waals surface area (Å²) in [5.41, 5.74) is 3.21. The van der Waals surface area contributed by atoms with E-state index in [1.807, 2.05) is 18.2 Å². The number of ether oxygens (including phenoxy) is 2. The van der Waals surface area contributed by atoms with Gasteiger partial charge in [-0.3, -0.25) is 10.2 Å². The molecule has 0 saturated carbocycles. The lowest BCUT2D eigenvalue weighted by Crippen LogP contribution is -2.36. The minimum absolute atomic E-state index is 0.0713. The summed E-state index contributed by atoms with van der Waals surface area (Å²) in [6.07, 6.45) is 0.0713. The van der Waals surface area contributed by atoms with Crippen LogP contribution in [0, 0.1) is 0 Å². The van der Waals surface area contributed by atoms with Crippen LogP contribution in [0.25, 0.3) is 11.0 Å². The molecule has 6 heteroatoms. The predicted octanol–water partition coefficient (Wildman–Crippen LogP) is 0.952. The van der Waals surface area contributed by atoms with Crippen molar-refractivity contribution in [2.24, 2.45) is 5.84 Å². The van der Waals surface area contributed by atoms with Crippen LogP contribution in [0.15, 0.2) is 28.7 Å². The quantitative estimate of drug-likeness (QED) is 0.486. The number of hydrogen-bond acceptors (Lipinski definition) is 5. The van der Waals surface area contributed by atoms with Crippen molar-refractivity contribution >= 4 is 16.9 Å². The number of furan rings is 1. The molecule has 1 saturated heterocycles. The van der Waals surface area contributed by atoms with Gasteiger partial charge in [0.05, 0.1) is 18.8 Å². The number of hydrazine groups is 1. The summed E-state index contributed by atoms with van der Waals surface area (Å²) in [6.45, 7) is 1.39. The van der Waals surface area contributed by atoms with Crippen LogP contribution in [0.5, 0.6) is 0 Å². The van der Waals surface area contributed by atoms with E-state index in [-0.39, 0.29) is 18.6 Å². The maximum atomic E-state index is 11.9. The second kappa shape index (κ2) is 5.00. The van der Waals surface area contributed by atoms with Gasteiger partial charge in [-0.2, -0.15) is 0 Å². The van der Waals surface area contributed by atoms with Crippen LogP contribution >= 0.6 is 0 Å². The zero-order chi connectivity index (χ0) is 13.2. The smallest absolute Gasteiger partial charge is 0.269 e. The number of benzene rings is 1. The molecular weight excluding hydrogens is 248 g/mol. The van der Waals surface area contributed by atoms with Gasteiger partial charge >= 0.3 is 0 Å². The number of carbonyl (C=O) groups excluding carboxylic acids is 1. The highest BCUT2D eigenvalue weighted by Gasteiger charge is 2.23. The second-order valence-corrected chi connectivity index (χ2v) is 4.34. The molecule has 1 aromatic carbocycles. The summed E-state index contributed by atoms with van der Waals surface area (Å²) < 4.78 is 16.3. The van der Waals surface area contributed by atoms with Crippen LogP contribution in [0.2, 0.25) is 0 Å². The highest BCUT2D eigenvalue weighted by atomic mass is 16.6. The van der Waals surface area contributed by atoms with Crippen LogP contribution in [0.3, 0.4) is 0 Å². The molecule has 0 unspecified atom stereocenters. The average Bonchev–Trinajstić information content (AvgIpc) is 2.74. The Bertz CT molecular complexity index is 604. The molecular formula is C13H14N2O4. The standard InChI is InChI=1S/C13H14N2O4/c14-15-13(16)12-9-3-1-2-4-10(9)19-11(12)7-18-8-5-17-6-8/h1-4,8H,5-7,14H2,(H,15,16). The zero-order valence-electron chi connectivity index (χ0n) is 10.2. The lowest BCUT2D eigenvalue weighted by molar-refractivity contribution is -0.137. The van der Waals surface area contributed by atoms with Gasteiger partial charge in [-0.1, -0.05) is 18.2 Å². The zero-order valence-corrected chi connectivity index (χ0v) is 10.2. The van der Waals surface area contributed by atoms with Crippen LogP contribution < -0.4 is 11.3 Å². The number of nitrogens with one attached hydrogen (secondary N) is 1. The van der Waals surface area contributed by atoms with Crippen molar-refractivity contribution in [3.05, 3.63) is 35.6 Å². The van der Waals surface area contributed by atoms with E-state index in [1.165, 1.54) is 0 Å². The molecule has 2 heterocycles. The molecule has 3 N–H and O–H groups in total. The lowest BCUT2D eigenvalue weighted by Gasteiger charge is -2.25. The number of nitrogens with two attached hydrogens (primary N) is 1. The lowest BCUT2D eigenvalue weighted by atomic mass is 10.1. The summed E-state index contributed by atoms with van der Waals surface area (Å²) in [4.78, 5) is 11.9. The second-order valence-electron chi connectivity index (χ2n) is 4.34. The van der Waals surface area contributed by atoms with Gasteiger partial charge in [-0.25, -0.2) is 5.84 Å². The predicted molar refractivity (Wildman–Crippen MR) is 67.3 cm³/mol. The van der Waals surface area contributed by atoms with E-state index in [1.54, 1.807) is 6.07 Å². The van der Waals surface area contributed by atoms with E-state index in [2.05, 4.69) is 5.43 Å². The number of rotatable bonds is 4. The topological polar surface area (TPSA) is 86.7 Å². The number of carbonyl (C=O) groups is 1. The Kier molecular flexibility index (Phi) is 3.20. The highest BCUT2D eigenvalue weighted by molar-refractivity contribution is 6.06. The molecule has 0 atom stereocenters. The number of para-hydroxylation sites is 1. The summed E-state index contributed by atoms with van der Waals surface area (Å²) >= 11 is 0. The Morgan fingerprint density at radius 3 is 2.89 bits per heavy atom. The van der Waals surface area contributed by atoms with Gasteiger partial charge in [0.1, 0.15) is 24.1 Å². The first-order valence-electron chi connectivity index (χ1n) is 6.00. The van der Waals surface area contributed by atoms with Crippen molar-refractivity contribution in [3.8, 4) is 0 Å². The number of nitrogen functional groups attached to an aromatic ring is 1. The molecule has 3 rings (SSSR count). The maximum Gasteiger partial charge on any atom is 0.269 e. The minimum atomic E-state index is -0.381. The largest absolute Gasteiger partial charge is 0.458 e. The Balaban J connectivity index is 1.93. The minimum Gasteiger partial charge on any atom is -0.458 e. The van der Waals surface area contributed by atoms with Crippen molar-refractivity contribution < 1.29 is 18.7 Å². The van der Waals surface area contributed by atoms with Crippen molar-refractivity contribution in [1.82, 2.24) is 5.43 Å². The molecule has 1 aliphatic rings. The first kappa shape index (κ1) is 12.2. The summed E-state index contributed by atoms with van der Waals surface area (Å²) in [7, 11) is 0. The van der Waals surface area contributed by atoms with Crippen molar-refractivity contribution in [3.63, 3.8) is 0 Å². The maximum absolute atomic E-state index is 11.9. The fraction of sp³-hybridized carbons (Fsp3) is 0.308. The van der Waals surface area contributed by atoms with Crippen LogP contribution in [-0.2, 0) is 16.1 Å². The molecule has 1 amide bonds. The first-order chi connectivity index (χ1) is 9.29. The van der Waals surface area contributed by atoms with Gasteiger partial charge in [0, 0.05) is 5.39 Å². The SMILES string of the molecule is NNC(=O)c1c(COC2COC2)oc2ccccc12. The molecule has 1 aliphatic heterocycles. The number of fused-ring (bicyclic) bond motifs is 1. The van der Waals surface area contributed by atoms with E-state index in [0.29, 0.717) is 30.1 Å². The number of amides is 1. The molecule has 1 aromatic heterocycles. The van der Waals surface area contributed by atoms with Gasteiger partial charge < -0.3 is 13.9 Å². The Morgan fingerprint density at radius 1 is 1.42 bits per heavy atom. The Labute approximate surface area is 109 Å². The van der Waals surface area contributed by atoms with E-state index in [4.69, 9.17) is 19.7 Å². The van der Waals surface area contributed by atoms with Crippen LogP contribution in [0.4, 0.5) is 0 Å². The first-order valence-corrected chi connectivity index (χ1v) is 6.00. The van der Waals surface area contributed by atoms with Gasteiger partial charge in [-0.05, 0) is 6.07 Å². The average molecular weight is 262 g/mol. The van der Waals surface area contributed by atoms with Gasteiger partial charge in [-0.15, -0.1) is 0 Å². The van der Waals surface area contributed by atoms with Gasteiger partial charge in [0.25, 0.3) is 5.91 Å². The Morgan fingerprint density at radius 2 is 2.21 bits per heavy atom. The van der Waals surface area contributed by atoms with Crippen molar-refractivity contribution in [1.29, 1.82) is 0 Å². The van der Waals surface area contributed by atoms with E-state index < -0.39 is 0 Å². The van der Waals surface area contributed by atoms with Crippen molar-refractivity contribution in [2.75, 3.05) is 13.2 Å². The van der Waals surface area contributed by atoms with E-state index in [9.17, 15) is 4.79 Å². The van der Waals surface area contributed by atoms with Crippen LogP contribution in [-0.4, -0.2) is 25.2 Å². The molecule has 0 radical (unpaired) electrons. The third-order valence-corrected chi connectivity index (χ3v) is 3.08. The molecule has 1 fully saturated rings. The fourth-order valence-electron chi connectivity index (χ4n) is 2.02. The molecule has 19 heavy (non-hydrogen) atoms. The van der Waals surface area contributed by atoms with Crippen molar-refractivity contribution in [2.45, 2.75) is 12.7 Å². The molecule has 0 spiro atoms. The monoisotopic (exact) mass is 262 g/mol.